The molecule has 2 unspecified atom stereocenters. The summed E-state index contributed by atoms with van der Waals surface area (Å²) in [6.07, 6.45) is 3.80. The highest BCUT2D eigenvalue weighted by Gasteiger charge is 2.23. The molecule has 3 heterocycles. The number of nitrogens with zero attached hydrogens (tertiary/aromatic N) is 3. The number of aliphatic hydroxyl groups excluding tert-OH is 2. The Labute approximate surface area is 178 Å². The average Bonchev–Trinajstić information content (AvgIpc) is 3.36. The van der Waals surface area contributed by atoms with Gasteiger partial charge >= 0.3 is 0 Å². The Morgan fingerprint density at radius 3 is 2.74 bits per heavy atom. The van der Waals surface area contributed by atoms with E-state index in [-0.39, 0.29) is 18.7 Å². The number of nitrogens with one attached hydrogen (secondary N) is 1. The third-order valence-electron chi connectivity index (χ3n) is 5.82. The molecule has 1 fully saturated rings. The molecule has 31 heavy (non-hydrogen) atoms. The minimum atomic E-state index is -0.858. The lowest BCUT2D eigenvalue weighted by molar-refractivity contribution is -0.0365. The fourth-order valence-electron chi connectivity index (χ4n) is 4.34. The minimum absolute atomic E-state index is 0.0479. The van der Waals surface area contributed by atoms with Crippen LogP contribution in [0, 0.1) is 5.82 Å². The van der Waals surface area contributed by atoms with Crippen molar-refractivity contribution in [1.82, 2.24) is 19.7 Å². The molecule has 0 amide bonds. The van der Waals surface area contributed by atoms with Crippen LogP contribution in [-0.4, -0.2) is 44.3 Å². The van der Waals surface area contributed by atoms with Gasteiger partial charge in [-0.25, -0.2) is 9.07 Å². The van der Waals surface area contributed by atoms with E-state index in [9.17, 15) is 9.50 Å². The maximum absolute atomic E-state index is 14.2. The fourth-order valence-corrected chi connectivity index (χ4v) is 4.34. The van der Waals surface area contributed by atoms with Crippen molar-refractivity contribution in [3.05, 3.63) is 60.0 Å². The summed E-state index contributed by atoms with van der Waals surface area (Å²) in [5.41, 5.74) is 4.19. The third kappa shape index (κ3) is 3.61. The van der Waals surface area contributed by atoms with Gasteiger partial charge in [-0.2, -0.15) is 5.10 Å². The van der Waals surface area contributed by atoms with E-state index in [0.29, 0.717) is 18.7 Å². The van der Waals surface area contributed by atoms with Gasteiger partial charge in [-0.15, -0.1) is 0 Å². The van der Waals surface area contributed by atoms with E-state index < -0.39 is 6.23 Å². The number of aliphatic hydroxyl groups is 2. The smallest absolute Gasteiger partial charge is 0.150 e. The summed E-state index contributed by atoms with van der Waals surface area (Å²) in [6.45, 7) is 0.959. The molecule has 162 valence electrons. The standard InChI is InChI=1S/C23H25FN4O3/c24-16-6-9-19-18(13-16)22-20(14-26-28(22)21-3-1-2-12-31-21)27(19)17-7-4-15(5-8-17)23(30)25-10-11-29/h4-9,13-14,21,23,25,29-30H,1-3,10-12H2. The zero-order valence-corrected chi connectivity index (χ0v) is 17.0. The maximum Gasteiger partial charge on any atom is 0.150 e. The van der Waals surface area contributed by atoms with Gasteiger partial charge in [-0.1, -0.05) is 12.1 Å². The molecule has 0 spiro atoms. The summed E-state index contributed by atoms with van der Waals surface area (Å²) in [4.78, 5) is 0. The van der Waals surface area contributed by atoms with Crippen molar-refractivity contribution >= 4 is 21.9 Å². The van der Waals surface area contributed by atoms with Crippen LogP contribution in [0.2, 0.25) is 0 Å². The van der Waals surface area contributed by atoms with E-state index in [2.05, 4.69) is 10.4 Å². The number of aromatic nitrogens is 3. The Balaban J connectivity index is 1.62. The first-order valence-corrected chi connectivity index (χ1v) is 10.6. The van der Waals surface area contributed by atoms with E-state index in [1.807, 2.05) is 33.5 Å². The SMILES string of the molecule is OCCNC(O)c1ccc(-n2c3ccc(F)cc3c3c2cnn3C2CCCCO2)cc1. The zero-order chi connectivity index (χ0) is 21.4. The van der Waals surface area contributed by atoms with Gasteiger partial charge in [0.25, 0.3) is 0 Å². The molecule has 2 aromatic carbocycles. The quantitative estimate of drug-likeness (QED) is 0.413. The van der Waals surface area contributed by atoms with E-state index >= 15 is 0 Å². The Morgan fingerprint density at radius 2 is 2.00 bits per heavy atom. The summed E-state index contributed by atoms with van der Waals surface area (Å²) in [6, 6.07) is 12.3. The highest BCUT2D eigenvalue weighted by Crippen LogP contribution is 2.35. The molecule has 8 heteroatoms. The van der Waals surface area contributed by atoms with Crippen LogP contribution in [0.1, 0.15) is 37.3 Å². The fraction of sp³-hybridized carbons (Fsp3) is 0.348. The van der Waals surface area contributed by atoms with Gasteiger partial charge in [0.1, 0.15) is 12.0 Å². The highest BCUT2D eigenvalue weighted by molar-refractivity contribution is 6.07. The van der Waals surface area contributed by atoms with Crippen molar-refractivity contribution in [2.45, 2.75) is 31.7 Å². The normalized spacial score (nSPS) is 18.1. The molecule has 0 aliphatic carbocycles. The Bertz CT molecular complexity index is 1200. The summed E-state index contributed by atoms with van der Waals surface area (Å²) in [5.74, 6) is -0.294. The van der Waals surface area contributed by atoms with Gasteiger partial charge in [-0.3, -0.25) is 5.32 Å². The summed E-state index contributed by atoms with van der Waals surface area (Å²) in [7, 11) is 0. The molecule has 2 aromatic heterocycles. The van der Waals surface area contributed by atoms with Crippen LogP contribution in [0.4, 0.5) is 4.39 Å². The number of fused-ring (bicyclic) bond motifs is 3. The van der Waals surface area contributed by atoms with Crippen LogP contribution < -0.4 is 5.32 Å². The molecule has 0 bridgehead atoms. The highest BCUT2D eigenvalue weighted by atomic mass is 19.1. The number of rotatable bonds is 6. The second kappa shape index (κ2) is 8.39. The molecule has 5 rings (SSSR count). The Kier molecular flexibility index (Phi) is 5.45. The number of hydrogen-bond donors (Lipinski definition) is 3. The van der Waals surface area contributed by atoms with E-state index in [0.717, 1.165) is 46.9 Å². The van der Waals surface area contributed by atoms with Gasteiger partial charge < -0.3 is 19.5 Å². The van der Waals surface area contributed by atoms with Crippen molar-refractivity contribution in [1.29, 1.82) is 0 Å². The van der Waals surface area contributed by atoms with Gasteiger partial charge in [0.05, 0.1) is 29.4 Å². The molecule has 1 saturated heterocycles. The van der Waals surface area contributed by atoms with Crippen LogP contribution in [0.5, 0.6) is 0 Å². The predicted molar refractivity (Wildman–Crippen MR) is 115 cm³/mol. The largest absolute Gasteiger partial charge is 0.395 e. The first kappa shape index (κ1) is 20.1. The molecule has 2 atom stereocenters. The lowest BCUT2D eigenvalue weighted by atomic mass is 10.1. The van der Waals surface area contributed by atoms with Crippen LogP contribution in [0.25, 0.3) is 27.6 Å². The van der Waals surface area contributed by atoms with Crippen molar-refractivity contribution < 1.29 is 19.3 Å². The third-order valence-corrected chi connectivity index (χ3v) is 5.82. The zero-order valence-electron chi connectivity index (χ0n) is 17.0. The number of ether oxygens (including phenoxy) is 1. The summed E-state index contributed by atoms with van der Waals surface area (Å²) < 4.78 is 24.0. The number of halogens is 1. The topological polar surface area (TPSA) is 84.5 Å². The lowest BCUT2D eigenvalue weighted by Crippen LogP contribution is -2.23. The second-order valence-electron chi connectivity index (χ2n) is 7.81. The molecular weight excluding hydrogens is 399 g/mol. The maximum atomic E-state index is 14.2. The van der Waals surface area contributed by atoms with E-state index in [1.54, 1.807) is 18.3 Å². The van der Waals surface area contributed by atoms with Gasteiger partial charge in [0, 0.05) is 24.2 Å². The van der Waals surface area contributed by atoms with Crippen LogP contribution in [-0.2, 0) is 4.74 Å². The van der Waals surface area contributed by atoms with Crippen LogP contribution in [0.15, 0.2) is 48.7 Å². The van der Waals surface area contributed by atoms with Gasteiger partial charge in [-0.05, 0) is 55.2 Å². The molecule has 1 aliphatic heterocycles. The van der Waals surface area contributed by atoms with Gasteiger partial charge in [0.15, 0.2) is 6.23 Å². The molecule has 1 aliphatic rings. The second-order valence-corrected chi connectivity index (χ2v) is 7.81. The van der Waals surface area contributed by atoms with Gasteiger partial charge in [0.2, 0.25) is 0 Å². The predicted octanol–water partition coefficient (Wildman–Crippen LogP) is 3.39. The van der Waals surface area contributed by atoms with E-state index in [1.165, 1.54) is 6.07 Å². The molecular formula is C23H25FN4O3. The Hall–Kier alpha value is -2.78. The summed E-state index contributed by atoms with van der Waals surface area (Å²) in [5, 5.41) is 27.3. The molecule has 3 N–H and O–H groups in total. The lowest BCUT2D eigenvalue weighted by Gasteiger charge is -2.23. The first-order chi connectivity index (χ1) is 15.2. The van der Waals surface area contributed by atoms with Crippen LogP contribution >= 0.6 is 0 Å². The van der Waals surface area contributed by atoms with E-state index in [4.69, 9.17) is 9.84 Å². The first-order valence-electron chi connectivity index (χ1n) is 10.6. The minimum Gasteiger partial charge on any atom is -0.395 e. The van der Waals surface area contributed by atoms with Crippen molar-refractivity contribution in [3.8, 4) is 5.69 Å². The molecule has 4 aromatic rings. The molecule has 0 radical (unpaired) electrons. The van der Waals surface area contributed by atoms with Crippen molar-refractivity contribution in [3.63, 3.8) is 0 Å². The average molecular weight is 424 g/mol. The monoisotopic (exact) mass is 424 g/mol. The number of hydrogen-bond acceptors (Lipinski definition) is 5. The molecule has 0 saturated carbocycles. The Morgan fingerprint density at radius 1 is 1.16 bits per heavy atom. The molecule has 7 nitrogen and oxygen atoms in total. The number of benzene rings is 2. The van der Waals surface area contributed by atoms with Crippen molar-refractivity contribution in [2.24, 2.45) is 0 Å². The summed E-state index contributed by atoms with van der Waals surface area (Å²) >= 11 is 0. The van der Waals surface area contributed by atoms with Crippen molar-refractivity contribution in [2.75, 3.05) is 19.8 Å². The van der Waals surface area contributed by atoms with Crippen LogP contribution in [0.3, 0.4) is 0 Å².